The lowest BCUT2D eigenvalue weighted by atomic mass is 9.98. The minimum absolute atomic E-state index is 0.0262. The van der Waals surface area contributed by atoms with Crippen molar-refractivity contribution in [1.29, 1.82) is 0 Å². The maximum Gasteiger partial charge on any atom is 0.329 e. The number of ether oxygens (including phenoxy) is 1. The van der Waals surface area contributed by atoms with Crippen molar-refractivity contribution in [2.75, 3.05) is 0 Å². The highest BCUT2D eigenvalue weighted by molar-refractivity contribution is 5.96. The highest BCUT2D eigenvalue weighted by Gasteiger charge is 2.37. The standard InChI is InChI=1S/C34H46N4O6/c1-20(2)17-27-31(40)35-25(18-23-13-9-7-10-14-23)30(39)37-29(22(5)6)33(42)38-28(21(3)4)32(41)36-26(34(43)44-27)19-24-15-11-8-12-16-24/h7-16,20-22,25-29H,17-19H2,1-6H3,(H,35,40)(H,36,41)(H,37,39)(H,38,42)/t25-,26-,27?,28-,29-/m0/s1. The number of amides is 4. The van der Waals surface area contributed by atoms with Crippen molar-refractivity contribution < 1.29 is 28.7 Å². The summed E-state index contributed by atoms with van der Waals surface area (Å²) in [5.41, 5.74) is 1.58. The first-order chi connectivity index (χ1) is 20.8. The van der Waals surface area contributed by atoms with E-state index in [1.807, 2.05) is 74.5 Å². The van der Waals surface area contributed by atoms with Gasteiger partial charge in [0.25, 0.3) is 5.91 Å². The van der Waals surface area contributed by atoms with E-state index in [0.717, 1.165) is 11.1 Å². The van der Waals surface area contributed by atoms with E-state index in [0.29, 0.717) is 0 Å². The first-order valence-corrected chi connectivity index (χ1v) is 15.4. The van der Waals surface area contributed by atoms with Crippen LogP contribution >= 0.6 is 0 Å². The van der Waals surface area contributed by atoms with Crippen LogP contribution in [0.1, 0.15) is 59.1 Å². The molecular weight excluding hydrogens is 560 g/mol. The quantitative estimate of drug-likeness (QED) is 0.341. The Labute approximate surface area is 260 Å². The Morgan fingerprint density at radius 3 is 1.48 bits per heavy atom. The van der Waals surface area contributed by atoms with Crippen molar-refractivity contribution in [3.05, 3.63) is 71.8 Å². The number of carbonyl (C=O) groups is 5. The molecule has 0 aromatic heterocycles. The predicted octanol–water partition coefficient (Wildman–Crippen LogP) is 2.69. The first kappa shape index (κ1) is 34.3. The van der Waals surface area contributed by atoms with Gasteiger partial charge in [-0.15, -0.1) is 0 Å². The van der Waals surface area contributed by atoms with Crippen LogP contribution in [0, 0.1) is 17.8 Å². The predicted molar refractivity (Wildman–Crippen MR) is 167 cm³/mol. The summed E-state index contributed by atoms with van der Waals surface area (Å²) in [5.74, 6) is -3.78. The van der Waals surface area contributed by atoms with Crippen molar-refractivity contribution >= 4 is 29.6 Å². The monoisotopic (exact) mass is 606 g/mol. The van der Waals surface area contributed by atoms with Gasteiger partial charge in [0.2, 0.25) is 17.7 Å². The molecule has 2 aromatic carbocycles. The van der Waals surface area contributed by atoms with Gasteiger partial charge in [-0.05, 0) is 35.3 Å². The SMILES string of the molecule is CC(C)CC1OC(=O)[C@H](Cc2ccccc2)NC(=O)[C@H](C(C)C)NC(=O)[C@H](C(C)C)NC(=O)[C@H](Cc2ccccc2)NC1=O. The Morgan fingerprint density at radius 2 is 1.00 bits per heavy atom. The molecule has 1 saturated heterocycles. The van der Waals surface area contributed by atoms with Crippen molar-refractivity contribution in [2.24, 2.45) is 17.8 Å². The first-order valence-electron chi connectivity index (χ1n) is 15.4. The zero-order chi connectivity index (χ0) is 32.4. The number of hydrogen-bond acceptors (Lipinski definition) is 6. The van der Waals surface area contributed by atoms with Crippen LogP contribution in [0.3, 0.4) is 0 Å². The summed E-state index contributed by atoms with van der Waals surface area (Å²) in [4.78, 5) is 68.2. The molecule has 1 unspecified atom stereocenters. The van der Waals surface area contributed by atoms with Crippen molar-refractivity contribution in [3.8, 4) is 0 Å². The molecule has 0 bridgehead atoms. The summed E-state index contributed by atoms with van der Waals surface area (Å²) < 4.78 is 5.81. The summed E-state index contributed by atoms with van der Waals surface area (Å²) in [5, 5.41) is 11.2. The zero-order valence-electron chi connectivity index (χ0n) is 26.5. The number of carbonyl (C=O) groups excluding carboxylic acids is 5. The molecule has 2 aromatic rings. The largest absolute Gasteiger partial charge is 0.451 e. The van der Waals surface area contributed by atoms with Gasteiger partial charge in [0, 0.05) is 12.8 Å². The Bertz CT molecular complexity index is 1240. The number of rotatable bonds is 8. The number of hydrogen-bond donors (Lipinski definition) is 4. The highest BCUT2D eigenvalue weighted by atomic mass is 16.5. The average molecular weight is 607 g/mol. The van der Waals surface area contributed by atoms with Gasteiger partial charge in [-0.3, -0.25) is 19.2 Å². The molecule has 1 aliphatic rings. The van der Waals surface area contributed by atoms with Crippen LogP contribution in [0.2, 0.25) is 0 Å². The summed E-state index contributed by atoms with van der Waals surface area (Å²) in [6, 6.07) is 14.2. The van der Waals surface area contributed by atoms with Gasteiger partial charge in [-0.2, -0.15) is 0 Å². The van der Waals surface area contributed by atoms with E-state index in [1.165, 1.54) is 0 Å². The lowest BCUT2D eigenvalue weighted by molar-refractivity contribution is -0.160. The minimum atomic E-state index is -1.21. The van der Waals surface area contributed by atoms with Crippen LogP contribution in [0.5, 0.6) is 0 Å². The molecule has 238 valence electrons. The second-order valence-corrected chi connectivity index (χ2v) is 12.5. The highest BCUT2D eigenvalue weighted by Crippen LogP contribution is 2.15. The maximum absolute atomic E-state index is 13.7. The molecule has 1 heterocycles. The fraction of sp³-hybridized carbons (Fsp3) is 0.500. The molecule has 4 amide bonds. The zero-order valence-corrected chi connectivity index (χ0v) is 26.5. The van der Waals surface area contributed by atoms with E-state index < -0.39 is 59.9 Å². The molecule has 0 spiro atoms. The molecule has 10 heteroatoms. The average Bonchev–Trinajstić information content (AvgIpc) is 2.97. The van der Waals surface area contributed by atoms with Crippen LogP contribution < -0.4 is 21.3 Å². The van der Waals surface area contributed by atoms with E-state index in [9.17, 15) is 24.0 Å². The van der Waals surface area contributed by atoms with Crippen LogP contribution in [-0.2, 0) is 41.6 Å². The summed E-state index contributed by atoms with van der Waals surface area (Å²) in [6.07, 6.45) is -0.744. The third kappa shape index (κ3) is 9.92. The number of esters is 1. The van der Waals surface area contributed by atoms with Crippen molar-refractivity contribution in [1.82, 2.24) is 21.3 Å². The molecule has 44 heavy (non-hydrogen) atoms. The Kier molecular flexibility index (Phi) is 12.5. The van der Waals surface area contributed by atoms with Gasteiger partial charge >= 0.3 is 5.97 Å². The van der Waals surface area contributed by atoms with Crippen molar-refractivity contribution in [3.63, 3.8) is 0 Å². The van der Waals surface area contributed by atoms with E-state index in [-0.39, 0.29) is 37.0 Å². The molecule has 5 atom stereocenters. The van der Waals surface area contributed by atoms with Gasteiger partial charge in [0.15, 0.2) is 6.10 Å². The minimum Gasteiger partial charge on any atom is -0.451 e. The summed E-state index contributed by atoms with van der Waals surface area (Å²) in [7, 11) is 0. The lowest BCUT2D eigenvalue weighted by Crippen LogP contribution is -2.60. The number of cyclic esters (lactones) is 1. The van der Waals surface area contributed by atoms with E-state index in [4.69, 9.17) is 4.74 Å². The van der Waals surface area contributed by atoms with Crippen LogP contribution in [-0.4, -0.2) is 59.9 Å². The molecular formula is C34H46N4O6. The third-order valence-corrected chi connectivity index (χ3v) is 7.53. The normalized spacial score (nSPS) is 24.1. The molecule has 1 aliphatic heterocycles. The Hall–Kier alpha value is -4.21. The van der Waals surface area contributed by atoms with E-state index in [1.54, 1.807) is 27.7 Å². The molecule has 0 saturated carbocycles. The fourth-order valence-corrected chi connectivity index (χ4v) is 5.05. The molecule has 3 rings (SSSR count). The van der Waals surface area contributed by atoms with Crippen molar-refractivity contribution in [2.45, 2.75) is 91.1 Å². The second kappa shape index (κ2) is 16.0. The molecule has 1 fully saturated rings. The second-order valence-electron chi connectivity index (χ2n) is 12.5. The van der Waals surface area contributed by atoms with Crippen LogP contribution in [0.15, 0.2) is 60.7 Å². The molecule has 10 nitrogen and oxygen atoms in total. The van der Waals surface area contributed by atoms with Gasteiger partial charge in [0.1, 0.15) is 24.2 Å². The van der Waals surface area contributed by atoms with Crippen LogP contribution in [0.4, 0.5) is 0 Å². The number of nitrogens with one attached hydrogen (secondary N) is 4. The topological polar surface area (TPSA) is 143 Å². The molecule has 0 radical (unpaired) electrons. The van der Waals surface area contributed by atoms with Gasteiger partial charge in [0.05, 0.1) is 0 Å². The summed E-state index contributed by atoms with van der Waals surface area (Å²) in [6.45, 7) is 10.9. The number of benzene rings is 2. The molecule has 4 N–H and O–H groups in total. The van der Waals surface area contributed by atoms with Gasteiger partial charge < -0.3 is 26.0 Å². The Balaban J connectivity index is 2.06. The van der Waals surface area contributed by atoms with Crippen LogP contribution in [0.25, 0.3) is 0 Å². The third-order valence-electron chi connectivity index (χ3n) is 7.53. The lowest BCUT2D eigenvalue weighted by Gasteiger charge is -2.29. The van der Waals surface area contributed by atoms with Gasteiger partial charge in [-0.25, -0.2) is 4.79 Å². The fourth-order valence-electron chi connectivity index (χ4n) is 5.05. The summed E-state index contributed by atoms with van der Waals surface area (Å²) >= 11 is 0. The van der Waals surface area contributed by atoms with E-state index in [2.05, 4.69) is 21.3 Å². The Morgan fingerprint density at radius 1 is 0.568 bits per heavy atom. The van der Waals surface area contributed by atoms with Gasteiger partial charge in [-0.1, -0.05) is 102 Å². The van der Waals surface area contributed by atoms with E-state index >= 15 is 0 Å². The maximum atomic E-state index is 13.7. The smallest absolute Gasteiger partial charge is 0.329 e. The molecule has 0 aliphatic carbocycles.